The molecule has 1 saturated carbocycles. The molecule has 38 heavy (non-hydrogen) atoms. The minimum Gasteiger partial charge on any atom is -0.369 e. The van der Waals surface area contributed by atoms with E-state index in [0.717, 1.165) is 31.9 Å². The molecule has 4 aromatic rings. The van der Waals surface area contributed by atoms with Crippen molar-refractivity contribution in [2.75, 3.05) is 43.4 Å². The molecule has 1 aromatic carbocycles. The van der Waals surface area contributed by atoms with E-state index in [1.165, 1.54) is 18.3 Å². The molecule has 0 unspecified atom stereocenters. The zero-order chi connectivity index (χ0) is 26.6. The number of fused-ring (bicyclic) bond motifs is 1. The normalized spacial score (nSPS) is 18.1. The smallest absolute Gasteiger partial charge is 0.274 e. The molecule has 1 aliphatic carbocycles. The van der Waals surface area contributed by atoms with Crippen molar-refractivity contribution in [1.82, 2.24) is 24.4 Å². The number of carbonyl (C=O) groups is 1. The molecule has 9 nitrogen and oxygen atoms in total. The van der Waals surface area contributed by atoms with Crippen molar-refractivity contribution >= 4 is 22.9 Å². The summed E-state index contributed by atoms with van der Waals surface area (Å²) in [5, 5.41) is 6.60. The highest BCUT2D eigenvalue weighted by Gasteiger charge is 2.48. The third-order valence-electron chi connectivity index (χ3n) is 7.33. The molecule has 0 spiro atoms. The Morgan fingerprint density at radius 3 is 2.66 bits per heavy atom. The number of hydrogen-bond donors (Lipinski definition) is 1. The number of alkyl halides is 2. The summed E-state index contributed by atoms with van der Waals surface area (Å²) in [5.74, 6) is -4.12. The maximum absolute atomic E-state index is 14.8. The Hall–Kier alpha value is -3.93. The SMILES string of the molecule is Cc1c(F)cc(-c2noc(C3CC(F)(F)C3)n2)cc1NC(=O)c1cnc2cc(N3CCN(C)CC3)ccn12. The number of nitrogens with one attached hydrogen (secondary N) is 1. The Labute approximate surface area is 216 Å². The molecule has 1 saturated heterocycles. The maximum atomic E-state index is 14.8. The van der Waals surface area contributed by atoms with Gasteiger partial charge < -0.3 is 19.6 Å². The van der Waals surface area contributed by atoms with Gasteiger partial charge in [0.15, 0.2) is 0 Å². The predicted molar refractivity (Wildman–Crippen MR) is 134 cm³/mol. The van der Waals surface area contributed by atoms with E-state index in [-0.39, 0.29) is 41.4 Å². The molecule has 12 heteroatoms. The third-order valence-corrected chi connectivity index (χ3v) is 7.33. The molecule has 0 atom stereocenters. The Bertz CT molecular complexity index is 1520. The van der Waals surface area contributed by atoms with Crippen LogP contribution >= 0.6 is 0 Å². The molecule has 6 rings (SSSR count). The number of nitrogens with zero attached hydrogens (tertiary/aromatic N) is 6. The zero-order valence-electron chi connectivity index (χ0n) is 20.9. The summed E-state index contributed by atoms with van der Waals surface area (Å²) >= 11 is 0. The summed E-state index contributed by atoms with van der Waals surface area (Å²) < 4.78 is 48.1. The van der Waals surface area contributed by atoms with Crippen LogP contribution in [0.5, 0.6) is 0 Å². The molecule has 0 bridgehead atoms. The molecule has 1 amide bonds. The van der Waals surface area contributed by atoms with Crippen molar-refractivity contribution in [1.29, 1.82) is 0 Å². The fraction of sp³-hybridized carbons (Fsp3) is 0.385. The highest BCUT2D eigenvalue weighted by atomic mass is 19.3. The Balaban J connectivity index is 1.22. The van der Waals surface area contributed by atoms with Crippen LogP contribution < -0.4 is 10.2 Å². The van der Waals surface area contributed by atoms with E-state index in [4.69, 9.17) is 4.52 Å². The summed E-state index contributed by atoms with van der Waals surface area (Å²) in [4.78, 5) is 26.3. The first-order chi connectivity index (χ1) is 18.2. The summed E-state index contributed by atoms with van der Waals surface area (Å²) in [6.07, 6.45) is 2.58. The van der Waals surface area contributed by atoms with E-state index in [1.807, 2.05) is 12.1 Å². The van der Waals surface area contributed by atoms with Crippen molar-refractivity contribution in [3.8, 4) is 11.4 Å². The monoisotopic (exact) mass is 525 g/mol. The second-order valence-electron chi connectivity index (χ2n) is 10.0. The number of hydrogen-bond acceptors (Lipinski definition) is 7. The van der Waals surface area contributed by atoms with Gasteiger partial charge in [-0.15, -0.1) is 0 Å². The molecular formula is C26H26F3N7O2. The van der Waals surface area contributed by atoms with Gasteiger partial charge in [-0.25, -0.2) is 18.2 Å². The Morgan fingerprint density at radius 1 is 1.16 bits per heavy atom. The van der Waals surface area contributed by atoms with E-state index >= 15 is 0 Å². The molecule has 0 radical (unpaired) electrons. The standard InChI is InChI=1S/C26H26F3N7O2/c1-15-19(27)9-16(23-32-25(38-33-23)17-12-26(28,29)13-17)10-20(15)31-24(37)21-14-30-22-11-18(3-4-36(21)22)35-7-5-34(2)6-8-35/h3-4,9-11,14,17H,5-8,12-13H2,1-2H3,(H,31,37). The van der Waals surface area contributed by atoms with Crippen LogP contribution in [0.2, 0.25) is 0 Å². The van der Waals surface area contributed by atoms with Crippen LogP contribution in [0.3, 0.4) is 0 Å². The van der Waals surface area contributed by atoms with Crippen LogP contribution in [-0.2, 0) is 0 Å². The quantitative estimate of drug-likeness (QED) is 0.414. The van der Waals surface area contributed by atoms with E-state index in [2.05, 4.69) is 37.3 Å². The number of carbonyl (C=O) groups excluding carboxylic acids is 1. The van der Waals surface area contributed by atoms with E-state index in [0.29, 0.717) is 11.3 Å². The highest BCUT2D eigenvalue weighted by Crippen LogP contribution is 2.48. The van der Waals surface area contributed by atoms with Crippen LogP contribution in [0.1, 0.15) is 40.7 Å². The number of piperazine rings is 1. The van der Waals surface area contributed by atoms with Crippen molar-refractivity contribution < 1.29 is 22.5 Å². The molecule has 1 N–H and O–H groups in total. The second kappa shape index (κ2) is 9.12. The molecule has 2 aliphatic rings. The van der Waals surface area contributed by atoms with Gasteiger partial charge in [0.1, 0.15) is 17.2 Å². The van der Waals surface area contributed by atoms with Gasteiger partial charge in [-0.2, -0.15) is 4.98 Å². The van der Waals surface area contributed by atoms with Gasteiger partial charge in [0.2, 0.25) is 17.6 Å². The molecule has 1 aliphatic heterocycles. The van der Waals surface area contributed by atoms with Crippen LogP contribution in [0.4, 0.5) is 24.5 Å². The van der Waals surface area contributed by atoms with Crippen LogP contribution in [0.15, 0.2) is 41.2 Å². The third kappa shape index (κ3) is 4.49. The molecule has 3 aromatic heterocycles. The van der Waals surface area contributed by atoms with Crippen molar-refractivity contribution in [2.45, 2.75) is 31.6 Å². The lowest BCUT2D eigenvalue weighted by atomic mass is 9.81. The van der Waals surface area contributed by atoms with Gasteiger partial charge in [-0.05, 0) is 32.2 Å². The lowest BCUT2D eigenvalue weighted by Crippen LogP contribution is -2.44. The first-order valence-electron chi connectivity index (χ1n) is 12.4. The summed E-state index contributed by atoms with van der Waals surface area (Å²) in [6, 6.07) is 6.66. The first kappa shape index (κ1) is 24.4. The number of amides is 1. The van der Waals surface area contributed by atoms with Crippen molar-refractivity contribution in [3.05, 3.63) is 59.6 Å². The van der Waals surface area contributed by atoms with Crippen molar-refractivity contribution in [2.24, 2.45) is 0 Å². The number of pyridine rings is 1. The minimum absolute atomic E-state index is 0.0656. The average Bonchev–Trinajstić information content (AvgIpc) is 3.53. The lowest BCUT2D eigenvalue weighted by molar-refractivity contribution is -0.0925. The number of benzene rings is 1. The van der Waals surface area contributed by atoms with Crippen LogP contribution in [-0.4, -0.2) is 69.5 Å². The van der Waals surface area contributed by atoms with E-state index in [9.17, 15) is 18.0 Å². The number of rotatable bonds is 5. The fourth-order valence-electron chi connectivity index (χ4n) is 4.88. The molecule has 4 heterocycles. The van der Waals surface area contributed by atoms with Gasteiger partial charge in [-0.3, -0.25) is 9.20 Å². The highest BCUT2D eigenvalue weighted by molar-refractivity contribution is 6.04. The summed E-state index contributed by atoms with van der Waals surface area (Å²) in [6.45, 7) is 5.32. The second-order valence-corrected chi connectivity index (χ2v) is 10.0. The van der Waals surface area contributed by atoms with Gasteiger partial charge in [0.05, 0.1) is 6.20 Å². The molecule has 2 fully saturated rings. The van der Waals surface area contributed by atoms with Crippen molar-refractivity contribution in [3.63, 3.8) is 0 Å². The summed E-state index contributed by atoms with van der Waals surface area (Å²) in [7, 11) is 2.10. The number of aromatic nitrogens is 4. The van der Waals surface area contributed by atoms with Gasteiger partial charge in [-0.1, -0.05) is 5.16 Å². The lowest BCUT2D eigenvalue weighted by Gasteiger charge is -2.34. The molecule has 198 valence electrons. The Morgan fingerprint density at radius 2 is 1.92 bits per heavy atom. The van der Waals surface area contributed by atoms with E-state index < -0.39 is 23.6 Å². The number of likely N-dealkylation sites (N-methyl/N-ethyl adjacent to an activating group) is 1. The number of imidazole rings is 1. The van der Waals surface area contributed by atoms with Crippen LogP contribution in [0, 0.1) is 12.7 Å². The van der Waals surface area contributed by atoms with Gasteiger partial charge >= 0.3 is 0 Å². The largest absolute Gasteiger partial charge is 0.369 e. The van der Waals surface area contributed by atoms with E-state index in [1.54, 1.807) is 17.5 Å². The first-order valence-corrected chi connectivity index (χ1v) is 12.4. The number of halogens is 3. The zero-order valence-corrected chi connectivity index (χ0v) is 20.9. The fourth-order valence-corrected chi connectivity index (χ4v) is 4.88. The van der Waals surface area contributed by atoms with Crippen LogP contribution in [0.25, 0.3) is 17.0 Å². The Kier molecular flexibility index (Phi) is 5.86. The minimum atomic E-state index is -2.73. The molecular weight excluding hydrogens is 499 g/mol. The average molecular weight is 526 g/mol. The van der Waals surface area contributed by atoms with Gasteiger partial charge in [0, 0.05) is 79.7 Å². The topological polar surface area (TPSA) is 91.8 Å². The predicted octanol–water partition coefficient (Wildman–Crippen LogP) is 4.35. The maximum Gasteiger partial charge on any atom is 0.274 e. The van der Waals surface area contributed by atoms with Gasteiger partial charge in [0.25, 0.3) is 5.91 Å². The summed E-state index contributed by atoms with van der Waals surface area (Å²) in [5.41, 5.74) is 2.69. The number of anilines is 2.